The fourth-order valence-corrected chi connectivity index (χ4v) is 0.226. The fourth-order valence-electron chi connectivity index (χ4n) is 0.226. The first kappa shape index (κ1) is 7.90. The Hall–Kier alpha value is -0.0951. The highest BCUT2D eigenvalue weighted by Crippen LogP contribution is 1.53. The van der Waals surface area contributed by atoms with Crippen molar-refractivity contribution in [1.82, 2.24) is 10.6 Å². The Morgan fingerprint density at radius 2 is 2.25 bits per heavy atom. The highest BCUT2D eigenvalue weighted by atomic mass is 16.6. The maximum absolute atomic E-state index is 4.65. The van der Waals surface area contributed by atoms with E-state index in [9.17, 15) is 0 Å². The van der Waals surface area contributed by atoms with Crippen molar-refractivity contribution >= 4 is 7.55 Å². The molecule has 8 heavy (non-hydrogen) atoms. The van der Waals surface area contributed by atoms with E-state index in [0.29, 0.717) is 6.73 Å². The molecule has 0 amide bonds. The van der Waals surface area contributed by atoms with Gasteiger partial charge in [0.05, 0.1) is 13.8 Å². The van der Waals surface area contributed by atoms with E-state index in [4.69, 9.17) is 0 Å². The number of hydrogen-bond donors (Lipinski definition) is 2. The summed E-state index contributed by atoms with van der Waals surface area (Å²) in [6, 6.07) is 0. The second-order valence-corrected chi connectivity index (χ2v) is 1.10. The molecular weight excluding hydrogens is 107 g/mol. The van der Waals surface area contributed by atoms with E-state index in [1.165, 1.54) is 7.11 Å². The zero-order chi connectivity index (χ0) is 6.24. The van der Waals surface area contributed by atoms with Crippen molar-refractivity contribution in [2.45, 2.75) is 0 Å². The van der Waals surface area contributed by atoms with Crippen LogP contribution >= 0.6 is 0 Å². The number of ether oxygens (including phenoxy) is 1. The van der Waals surface area contributed by atoms with Crippen LogP contribution in [0.3, 0.4) is 0 Å². The van der Waals surface area contributed by atoms with Crippen LogP contribution in [0.1, 0.15) is 0 Å². The van der Waals surface area contributed by atoms with E-state index in [2.05, 4.69) is 20.2 Å². The van der Waals surface area contributed by atoms with Crippen LogP contribution in [0.25, 0.3) is 0 Å². The van der Waals surface area contributed by atoms with E-state index in [1.54, 1.807) is 14.7 Å². The SMILES string of the molecule is COCN[B]NOC. The molecule has 0 heterocycles. The first-order valence-electron chi connectivity index (χ1n) is 2.24. The molecule has 0 aromatic rings. The Kier molecular flexibility index (Phi) is 6.82. The molecule has 0 aliphatic rings. The minimum atomic E-state index is 0.482. The standard InChI is InChI=1S/C3H10BN2O2/c1-7-3-5-4-6-8-2/h5-6H,3H2,1-2H3. The monoisotopic (exact) mass is 117 g/mol. The Balaban J connectivity index is 2.53. The predicted molar refractivity (Wildman–Crippen MR) is 30.9 cm³/mol. The lowest BCUT2D eigenvalue weighted by molar-refractivity contribution is 0.146. The lowest BCUT2D eigenvalue weighted by Crippen LogP contribution is -2.33. The first-order valence-corrected chi connectivity index (χ1v) is 2.24. The molecule has 0 saturated heterocycles. The van der Waals surface area contributed by atoms with Gasteiger partial charge >= 0.3 is 7.55 Å². The van der Waals surface area contributed by atoms with Crippen molar-refractivity contribution in [3.05, 3.63) is 0 Å². The minimum Gasteiger partial charge on any atom is -0.371 e. The summed E-state index contributed by atoms with van der Waals surface area (Å²) in [5.41, 5.74) is 0. The molecule has 4 nitrogen and oxygen atoms in total. The van der Waals surface area contributed by atoms with Gasteiger partial charge in [-0.2, -0.15) is 0 Å². The largest absolute Gasteiger partial charge is 0.371 e. The van der Waals surface area contributed by atoms with Crippen molar-refractivity contribution < 1.29 is 9.57 Å². The lowest BCUT2D eigenvalue weighted by Gasteiger charge is -1.99. The average Bonchev–Trinajstić information content (AvgIpc) is 1.81. The number of rotatable bonds is 5. The van der Waals surface area contributed by atoms with Crippen LogP contribution in [0, 0.1) is 0 Å². The third kappa shape index (κ3) is 5.90. The maximum Gasteiger partial charge on any atom is 0.337 e. The Bertz CT molecular complexity index is 40.3. The van der Waals surface area contributed by atoms with Crippen molar-refractivity contribution in [2.75, 3.05) is 21.0 Å². The summed E-state index contributed by atoms with van der Waals surface area (Å²) < 4.78 is 4.65. The molecule has 0 aromatic carbocycles. The summed E-state index contributed by atoms with van der Waals surface area (Å²) in [5, 5.41) is 5.22. The quantitative estimate of drug-likeness (QED) is 0.207. The van der Waals surface area contributed by atoms with Crippen LogP contribution in [0.4, 0.5) is 0 Å². The van der Waals surface area contributed by atoms with Crippen LogP contribution in [-0.4, -0.2) is 28.5 Å². The summed E-state index contributed by atoms with van der Waals surface area (Å²) in [6.07, 6.45) is 0. The highest BCUT2D eigenvalue weighted by molar-refractivity contribution is 6.27. The number of nitrogens with one attached hydrogen (secondary N) is 2. The summed E-state index contributed by atoms with van der Waals surface area (Å²) >= 11 is 0. The molecule has 0 bridgehead atoms. The molecule has 0 spiro atoms. The van der Waals surface area contributed by atoms with Gasteiger partial charge in [-0.25, -0.2) is 5.39 Å². The Morgan fingerprint density at radius 3 is 2.75 bits per heavy atom. The molecule has 47 valence electrons. The van der Waals surface area contributed by atoms with Gasteiger partial charge in [0.15, 0.2) is 0 Å². The molecule has 1 radical (unpaired) electrons. The molecule has 0 aliphatic carbocycles. The maximum atomic E-state index is 4.65. The van der Waals surface area contributed by atoms with E-state index in [1.807, 2.05) is 0 Å². The molecule has 0 aromatic heterocycles. The van der Waals surface area contributed by atoms with Gasteiger partial charge < -0.3 is 14.8 Å². The van der Waals surface area contributed by atoms with Gasteiger partial charge in [0, 0.05) is 7.11 Å². The fraction of sp³-hybridized carbons (Fsp3) is 1.00. The van der Waals surface area contributed by atoms with E-state index in [-0.39, 0.29) is 0 Å². The molecule has 0 unspecified atom stereocenters. The van der Waals surface area contributed by atoms with Crippen LogP contribution in [-0.2, 0) is 9.57 Å². The minimum absolute atomic E-state index is 0.482. The molecule has 0 aliphatic heterocycles. The highest BCUT2D eigenvalue weighted by Gasteiger charge is 1.83. The lowest BCUT2D eigenvalue weighted by atomic mass is 10.2. The van der Waals surface area contributed by atoms with Crippen molar-refractivity contribution in [3.8, 4) is 0 Å². The van der Waals surface area contributed by atoms with Crippen LogP contribution in [0.5, 0.6) is 0 Å². The first-order chi connectivity index (χ1) is 3.91. The summed E-state index contributed by atoms with van der Waals surface area (Å²) in [4.78, 5) is 4.46. The van der Waals surface area contributed by atoms with Crippen LogP contribution in [0.2, 0.25) is 0 Å². The van der Waals surface area contributed by atoms with Gasteiger partial charge in [-0.1, -0.05) is 0 Å². The average molecular weight is 117 g/mol. The smallest absolute Gasteiger partial charge is 0.337 e. The van der Waals surface area contributed by atoms with Gasteiger partial charge in [0.2, 0.25) is 0 Å². The molecule has 0 fully saturated rings. The normalized spacial score (nSPS) is 9.25. The third-order valence-electron chi connectivity index (χ3n) is 0.507. The molecule has 0 atom stereocenters. The van der Waals surface area contributed by atoms with Gasteiger partial charge in [0.25, 0.3) is 0 Å². The second-order valence-electron chi connectivity index (χ2n) is 1.10. The van der Waals surface area contributed by atoms with Crippen molar-refractivity contribution in [3.63, 3.8) is 0 Å². The van der Waals surface area contributed by atoms with E-state index < -0.39 is 0 Å². The second kappa shape index (κ2) is 6.90. The zero-order valence-corrected chi connectivity index (χ0v) is 5.10. The summed E-state index contributed by atoms with van der Waals surface area (Å²) in [7, 11) is 4.68. The van der Waals surface area contributed by atoms with Crippen molar-refractivity contribution in [1.29, 1.82) is 0 Å². The topological polar surface area (TPSA) is 42.5 Å². The zero-order valence-electron chi connectivity index (χ0n) is 5.10. The van der Waals surface area contributed by atoms with Gasteiger partial charge in [-0.15, -0.1) is 0 Å². The Labute approximate surface area is 49.8 Å². The number of methoxy groups -OCH3 is 1. The molecule has 0 rings (SSSR count). The predicted octanol–water partition coefficient (Wildman–Crippen LogP) is -1.13. The summed E-state index contributed by atoms with van der Waals surface area (Å²) in [5.74, 6) is 0. The van der Waals surface area contributed by atoms with Crippen molar-refractivity contribution in [2.24, 2.45) is 0 Å². The van der Waals surface area contributed by atoms with E-state index in [0.717, 1.165) is 0 Å². The molecular formula is C3H10BN2O2. The molecule has 0 saturated carbocycles. The number of hydrogen-bond acceptors (Lipinski definition) is 4. The van der Waals surface area contributed by atoms with Gasteiger partial charge in [-0.3, -0.25) is 0 Å². The summed E-state index contributed by atoms with van der Waals surface area (Å²) in [6.45, 7) is 0.482. The van der Waals surface area contributed by atoms with Gasteiger partial charge in [-0.05, 0) is 0 Å². The van der Waals surface area contributed by atoms with Crippen LogP contribution < -0.4 is 10.6 Å². The van der Waals surface area contributed by atoms with Crippen LogP contribution in [0.15, 0.2) is 0 Å². The molecule has 2 N–H and O–H groups in total. The Morgan fingerprint density at radius 1 is 1.50 bits per heavy atom. The molecule has 5 heteroatoms. The van der Waals surface area contributed by atoms with Gasteiger partial charge in [0.1, 0.15) is 0 Å². The van der Waals surface area contributed by atoms with E-state index >= 15 is 0 Å². The third-order valence-corrected chi connectivity index (χ3v) is 0.507.